The molecule has 30 heavy (non-hydrogen) atoms. The van der Waals surface area contributed by atoms with Crippen LogP contribution in [0.3, 0.4) is 0 Å². The van der Waals surface area contributed by atoms with E-state index in [0.29, 0.717) is 24.3 Å². The van der Waals surface area contributed by atoms with Crippen molar-refractivity contribution in [3.8, 4) is 0 Å². The number of carbonyl (C=O) groups excluding carboxylic acids is 2. The molecule has 2 aromatic rings. The van der Waals surface area contributed by atoms with Crippen LogP contribution in [0.2, 0.25) is 0 Å². The van der Waals surface area contributed by atoms with Crippen LogP contribution in [0.4, 0.5) is 8.78 Å². The first-order valence-corrected chi connectivity index (χ1v) is 10.4. The number of rotatable bonds is 6. The highest BCUT2D eigenvalue weighted by Crippen LogP contribution is 2.24. The predicted molar refractivity (Wildman–Crippen MR) is 98.2 cm³/mol. The van der Waals surface area contributed by atoms with Crippen molar-refractivity contribution in [3.63, 3.8) is 0 Å². The first kappa shape index (κ1) is 21.9. The van der Waals surface area contributed by atoms with E-state index in [1.165, 1.54) is 6.26 Å². The van der Waals surface area contributed by atoms with Gasteiger partial charge in [0.2, 0.25) is 10.0 Å². The molecule has 1 aromatic heterocycles. The van der Waals surface area contributed by atoms with Crippen LogP contribution < -0.4 is 10.6 Å². The lowest BCUT2D eigenvalue weighted by Gasteiger charge is -2.34. The van der Waals surface area contributed by atoms with E-state index in [2.05, 4.69) is 10.6 Å². The maximum absolute atomic E-state index is 14.0. The largest absolute Gasteiger partial charge is 0.467 e. The highest BCUT2D eigenvalue weighted by Gasteiger charge is 2.36. The van der Waals surface area contributed by atoms with Gasteiger partial charge in [-0.05, 0) is 36.8 Å². The number of ether oxygens (including phenoxy) is 1. The zero-order valence-corrected chi connectivity index (χ0v) is 16.5. The molecule has 0 aliphatic carbocycles. The lowest BCUT2D eigenvalue weighted by molar-refractivity contribution is -0.140. The molecule has 0 spiro atoms. The van der Waals surface area contributed by atoms with Gasteiger partial charge in [-0.15, -0.1) is 0 Å². The number of nitrogens with one attached hydrogen (secondary N) is 2. The molecule has 9 nitrogen and oxygen atoms in total. The maximum atomic E-state index is 14.0. The van der Waals surface area contributed by atoms with Gasteiger partial charge < -0.3 is 19.8 Å². The number of benzene rings is 1. The van der Waals surface area contributed by atoms with E-state index in [9.17, 15) is 26.8 Å². The van der Waals surface area contributed by atoms with Crippen LogP contribution >= 0.6 is 0 Å². The monoisotopic (exact) mass is 443 g/mol. The van der Waals surface area contributed by atoms with Gasteiger partial charge in [0.25, 0.3) is 0 Å². The number of halogens is 2. The highest BCUT2D eigenvalue weighted by atomic mass is 32.2. The van der Waals surface area contributed by atoms with Gasteiger partial charge in [-0.2, -0.15) is 4.31 Å². The minimum atomic E-state index is -4.44. The number of amides is 2. The molecule has 1 saturated heterocycles. The molecule has 2 N–H and O–H groups in total. The van der Waals surface area contributed by atoms with E-state index in [1.807, 2.05) is 0 Å². The van der Waals surface area contributed by atoms with Crippen LogP contribution in [-0.4, -0.2) is 50.5 Å². The Labute approximate surface area is 171 Å². The minimum Gasteiger partial charge on any atom is -0.467 e. The number of carbonyl (C=O) groups is 2. The molecule has 2 heterocycles. The molecule has 0 bridgehead atoms. The average Bonchev–Trinajstić information content (AvgIpc) is 3.25. The van der Waals surface area contributed by atoms with Crippen LogP contribution in [0.1, 0.15) is 12.2 Å². The fourth-order valence-electron chi connectivity index (χ4n) is 2.82. The number of furan rings is 1. The topological polar surface area (TPSA) is 118 Å². The molecule has 2 amide bonds. The SMILES string of the molecule is O=C(NCc1ccco1)C(=O)NC[C@H]1OCCCN1S(=O)(=O)c1cc(F)ccc1F. The van der Waals surface area contributed by atoms with E-state index < -0.39 is 44.6 Å². The summed E-state index contributed by atoms with van der Waals surface area (Å²) in [6, 6.07) is 5.34. The van der Waals surface area contributed by atoms with E-state index in [0.717, 1.165) is 10.4 Å². The normalized spacial score (nSPS) is 17.5. The molecule has 162 valence electrons. The number of hydrogen-bond donors (Lipinski definition) is 2. The molecule has 1 aliphatic rings. The van der Waals surface area contributed by atoms with Crippen molar-refractivity contribution >= 4 is 21.8 Å². The first-order valence-electron chi connectivity index (χ1n) is 8.96. The third kappa shape index (κ3) is 5.01. The Morgan fingerprint density at radius 3 is 2.67 bits per heavy atom. The van der Waals surface area contributed by atoms with Gasteiger partial charge in [-0.25, -0.2) is 17.2 Å². The summed E-state index contributed by atoms with van der Waals surface area (Å²) >= 11 is 0. The molecular formula is C18H19F2N3O6S. The molecule has 0 radical (unpaired) electrons. The number of sulfonamides is 1. The quantitative estimate of drug-likeness (QED) is 0.636. The van der Waals surface area contributed by atoms with Gasteiger partial charge in [0.15, 0.2) is 0 Å². The summed E-state index contributed by atoms with van der Waals surface area (Å²) < 4.78 is 64.4. The standard InChI is InChI=1S/C18H19F2N3O6S/c19-12-4-5-14(20)15(9-12)30(26,27)23-6-2-8-29-16(23)11-22-18(25)17(24)21-10-13-3-1-7-28-13/h1,3-5,7,9,16H,2,6,8,10-11H2,(H,21,24)(H,22,25)/t16-/m1/s1. The lowest BCUT2D eigenvalue weighted by atomic mass is 10.3. The molecular weight excluding hydrogens is 424 g/mol. The van der Waals surface area contributed by atoms with Gasteiger partial charge in [0, 0.05) is 6.54 Å². The summed E-state index contributed by atoms with van der Waals surface area (Å²) in [4.78, 5) is 23.0. The van der Waals surface area contributed by atoms with Crippen molar-refractivity contribution in [3.05, 3.63) is 54.0 Å². The van der Waals surface area contributed by atoms with Gasteiger partial charge in [0.05, 0.1) is 26.0 Å². The number of nitrogens with zero attached hydrogens (tertiary/aromatic N) is 1. The Balaban J connectivity index is 1.64. The average molecular weight is 443 g/mol. The summed E-state index contributed by atoms with van der Waals surface area (Å²) in [6.07, 6.45) is 0.552. The van der Waals surface area contributed by atoms with Gasteiger partial charge in [-0.1, -0.05) is 0 Å². The Kier molecular flexibility index (Phi) is 6.80. The molecule has 1 aromatic carbocycles. The molecule has 3 rings (SSSR count). The van der Waals surface area contributed by atoms with Crippen LogP contribution in [-0.2, 0) is 30.9 Å². The van der Waals surface area contributed by atoms with E-state index in [1.54, 1.807) is 12.1 Å². The highest BCUT2D eigenvalue weighted by molar-refractivity contribution is 7.89. The van der Waals surface area contributed by atoms with E-state index >= 15 is 0 Å². The summed E-state index contributed by atoms with van der Waals surface area (Å²) in [5.74, 6) is -3.54. The molecule has 1 atom stereocenters. The minimum absolute atomic E-state index is 0.00145. The zero-order valence-electron chi connectivity index (χ0n) is 15.6. The Morgan fingerprint density at radius 1 is 1.17 bits per heavy atom. The van der Waals surface area contributed by atoms with Crippen molar-refractivity contribution in [2.75, 3.05) is 19.7 Å². The Morgan fingerprint density at radius 2 is 1.93 bits per heavy atom. The second kappa shape index (κ2) is 9.32. The van der Waals surface area contributed by atoms with Crippen molar-refractivity contribution in [1.82, 2.24) is 14.9 Å². The van der Waals surface area contributed by atoms with Gasteiger partial charge >= 0.3 is 11.8 Å². The van der Waals surface area contributed by atoms with Gasteiger partial charge in [-0.3, -0.25) is 9.59 Å². The van der Waals surface area contributed by atoms with E-state index in [-0.39, 0.29) is 26.2 Å². The van der Waals surface area contributed by atoms with Crippen LogP contribution in [0.25, 0.3) is 0 Å². The van der Waals surface area contributed by atoms with Crippen LogP contribution in [0.5, 0.6) is 0 Å². The third-order valence-electron chi connectivity index (χ3n) is 4.28. The fraction of sp³-hybridized carbons (Fsp3) is 0.333. The van der Waals surface area contributed by atoms with Crippen molar-refractivity contribution in [1.29, 1.82) is 0 Å². The first-order chi connectivity index (χ1) is 14.3. The summed E-state index contributed by atoms with van der Waals surface area (Å²) in [6.45, 7) is -0.186. The smallest absolute Gasteiger partial charge is 0.309 e. The van der Waals surface area contributed by atoms with Crippen molar-refractivity contribution < 1.29 is 35.9 Å². The fourth-order valence-corrected chi connectivity index (χ4v) is 4.47. The molecule has 0 unspecified atom stereocenters. The van der Waals surface area contributed by atoms with Gasteiger partial charge in [0.1, 0.15) is 28.5 Å². The second-order valence-corrected chi connectivity index (χ2v) is 8.20. The summed E-state index contributed by atoms with van der Waals surface area (Å²) in [5.41, 5.74) is 0. The van der Waals surface area contributed by atoms with Crippen molar-refractivity contribution in [2.24, 2.45) is 0 Å². The predicted octanol–water partition coefficient (Wildman–Crippen LogP) is 0.727. The van der Waals surface area contributed by atoms with Crippen LogP contribution in [0.15, 0.2) is 45.9 Å². The Bertz CT molecular complexity index is 1010. The molecule has 1 fully saturated rings. The van der Waals surface area contributed by atoms with E-state index in [4.69, 9.17) is 9.15 Å². The summed E-state index contributed by atoms with van der Waals surface area (Å²) in [7, 11) is -4.44. The molecule has 12 heteroatoms. The van der Waals surface area contributed by atoms with Crippen molar-refractivity contribution in [2.45, 2.75) is 24.1 Å². The maximum Gasteiger partial charge on any atom is 0.309 e. The summed E-state index contributed by atoms with van der Waals surface area (Å²) in [5, 5.41) is 4.63. The second-order valence-electron chi connectivity index (χ2n) is 6.34. The molecule has 1 aliphatic heterocycles. The lowest BCUT2D eigenvalue weighted by Crippen LogP contribution is -2.53. The van der Waals surface area contributed by atoms with Crippen LogP contribution in [0, 0.1) is 11.6 Å². The number of hydrogen-bond acceptors (Lipinski definition) is 6. The Hall–Kier alpha value is -2.83. The third-order valence-corrected chi connectivity index (χ3v) is 6.18. The zero-order chi connectivity index (χ0) is 21.7. The molecule has 0 saturated carbocycles.